The summed E-state index contributed by atoms with van der Waals surface area (Å²) in [5, 5.41) is 5.43. The zero-order chi connectivity index (χ0) is 19.1. The van der Waals surface area contributed by atoms with Crippen LogP contribution < -0.4 is 10.6 Å². The molecule has 0 bridgehead atoms. The van der Waals surface area contributed by atoms with Crippen molar-refractivity contribution in [2.24, 2.45) is 0 Å². The van der Waals surface area contributed by atoms with Gasteiger partial charge in [0, 0.05) is 33.5 Å². The average molecular weight is 368 g/mol. The Kier molecular flexibility index (Phi) is 6.74. The van der Waals surface area contributed by atoms with E-state index in [0.29, 0.717) is 16.9 Å². The van der Waals surface area contributed by atoms with Crippen LogP contribution in [0.1, 0.15) is 24.2 Å². The zero-order valence-electron chi connectivity index (χ0n) is 14.8. The van der Waals surface area contributed by atoms with E-state index in [0.717, 1.165) is 4.90 Å². The van der Waals surface area contributed by atoms with Gasteiger partial charge in [0.25, 0.3) is 5.91 Å². The van der Waals surface area contributed by atoms with Gasteiger partial charge < -0.3 is 10.6 Å². The molecule has 2 amide bonds. The molecule has 0 aliphatic rings. The van der Waals surface area contributed by atoms with Gasteiger partial charge in [0.15, 0.2) is 5.78 Å². The Morgan fingerprint density at radius 2 is 1.62 bits per heavy atom. The second-order valence-electron chi connectivity index (χ2n) is 5.64. The summed E-state index contributed by atoms with van der Waals surface area (Å²) in [6.45, 7) is 3.05. The van der Waals surface area contributed by atoms with Gasteiger partial charge in [-0.1, -0.05) is 6.07 Å². The Balaban J connectivity index is 1.99. The fourth-order valence-electron chi connectivity index (χ4n) is 2.16. The highest BCUT2D eigenvalue weighted by Gasteiger charge is 2.08. The topological polar surface area (TPSA) is 75.3 Å². The maximum atomic E-state index is 12.2. The molecule has 0 heterocycles. The lowest BCUT2D eigenvalue weighted by molar-refractivity contribution is -0.114. The maximum Gasteiger partial charge on any atom is 0.251 e. The van der Waals surface area contributed by atoms with Crippen LogP contribution in [-0.4, -0.2) is 23.9 Å². The van der Waals surface area contributed by atoms with Crippen molar-refractivity contribution in [3.8, 4) is 0 Å². The van der Waals surface area contributed by atoms with Gasteiger partial charge in [0.1, 0.15) is 0 Å². The lowest BCUT2D eigenvalue weighted by atomic mass is 10.1. The van der Waals surface area contributed by atoms with Crippen LogP contribution in [-0.2, 0) is 9.59 Å². The Morgan fingerprint density at radius 1 is 0.923 bits per heavy atom. The molecule has 0 aliphatic carbocycles. The van der Waals surface area contributed by atoms with Gasteiger partial charge in [-0.05, 0) is 62.6 Å². The summed E-state index contributed by atoms with van der Waals surface area (Å²) in [4.78, 5) is 36.6. The number of Topliss-reactive ketones (excluding diaryl/α,β-unsaturated/α-hetero) is 1. The van der Waals surface area contributed by atoms with E-state index in [1.54, 1.807) is 49.0 Å². The number of ketones is 1. The molecule has 0 spiro atoms. The van der Waals surface area contributed by atoms with Crippen molar-refractivity contribution < 1.29 is 14.4 Å². The highest BCUT2D eigenvalue weighted by atomic mass is 32.2. The van der Waals surface area contributed by atoms with Crippen molar-refractivity contribution in [3.63, 3.8) is 0 Å². The van der Waals surface area contributed by atoms with Crippen LogP contribution in [0.2, 0.25) is 0 Å². The molecule has 0 aliphatic heterocycles. The van der Waals surface area contributed by atoms with Crippen molar-refractivity contribution in [1.29, 1.82) is 0 Å². The van der Waals surface area contributed by atoms with E-state index >= 15 is 0 Å². The minimum absolute atomic E-state index is 0.0406. The first-order chi connectivity index (χ1) is 12.4. The van der Waals surface area contributed by atoms with Gasteiger partial charge in [-0.25, -0.2) is 0 Å². The molecular weight excluding hydrogens is 348 g/mol. The monoisotopic (exact) mass is 368 g/mol. The largest absolute Gasteiger partial charge is 0.322 e. The fourth-order valence-corrected chi connectivity index (χ4v) is 2.62. The first-order valence-corrected chi connectivity index (χ1v) is 9.17. The summed E-state index contributed by atoms with van der Waals surface area (Å²) in [5.74, 6) is -0.794. The van der Waals surface area contributed by atoms with Gasteiger partial charge in [0.05, 0.1) is 0 Å². The number of thioether (sulfide) groups is 1. The lowest BCUT2D eigenvalue weighted by Gasteiger charge is -2.07. The van der Waals surface area contributed by atoms with Gasteiger partial charge in [-0.15, -0.1) is 11.8 Å². The van der Waals surface area contributed by atoms with Crippen molar-refractivity contribution >= 4 is 40.7 Å². The molecule has 0 saturated heterocycles. The number of carbonyl (C=O) groups excluding carboxylic acids is 3. The number of anilines is 2. The zero-order valence-corrected chi connectivity index (χ0v) is 15.6. The summed E-state index contributed by atoms with van der Waals surface area (Å²) in [6, 6.07) is 14.0. The highest BCUT2D eigenvalue weighted by molar-refractivity contribution is 7.98. The maximum absolute atomic E-state index is 12.2. The smallest absolute Gasteiger partial charge is 0.251 e. The van der Waals surface area contributed by atoms with Crippen LogP contribution in [0.15, 0.2) is 65.1 Å². The SMILES string of the molecule is CSc1cccc(NC(=O)/C=C(/C)C(=O)Nc2ccc(C(C)=O)cc2)c1. The number of rotatable bonds is 6. The molecule has 0 atom stereocenters. The molecule has 6 heteroatoms. The van der Waals surface area contributed by atoms with Gasteiger partial charge >= 0.3 is 0 Å². The molecule has 26 heavy (non-hydrogen) atoms. The second-order valence-corrected chi connectivity index (χ2v) is 6.52. The molecule has 2 N–H and O–H groups in total. The normalized spacial score (nSPS) is 11.0. The predicted octanol–water partition coefficient (Wildman–Crippen LogP) is 4.13. The third-order valence-electron chi connectivity index (χ3n) is 3.59. The summed E-state index contributed by atoms with van der Waals surface area (Å²) in [7, 11) is 0. The van der Waals surface area contributed by atoms with Crippen molar-refractivity contribution in [2.75, 3.05) is 16.9 Å². The number of hydrogen-bond acceptors (Lipinski definition) is 4. The van der Waals surface area contributed by atoms with E-state index in [1.807, 2.05) is 24.5 Å². The molecule has 2 aromatic rings. The van der Waals surface area contributed by atoms with E-state index in [4.69, 9.17) is 0 Å². The number of carbonyl (C=O) groups is 3. The second kappa shape index (κ2) is 9.01. The summed E-state index contributed by atoms with van der Waals surface area (Å²) >= 11 is 1.58. The van der Waals surface area contributed by atoms with Crippen LogP contribution in [0.25, 0.3) is 0 Å². The number of amides is 2. The molecular formula is C20H20N2O3S. The molecule has 134 valence electrons. The van der Waals surface area contributed by atoms with E-state index in [-0.39, 0.29) is 23.2 Å². The standard InChI is InChI=1S/C20H20N2O3S/c1-13(11-19(24)21-17-5-4-6-18(12-17)26-3)20(25)22-16-9-7-15(8-10-16)14(2)23/h4-12H,1-3H3,(H,21,24)(H,22,25)/b13-11-. The van der Waals surface area contributed by atoms with Crippen LogP contribution in [0.4, 0.5) is 11.4 Å². The predicted molar refractivity (Wildman–Crippen MR) is 106 cm³/mol. The number of hydrogen-bond donors (Lipinski definition) is 2. The number of benzene rings is 2. The Morgan fingerprint density at radius 3 is 2.23 bits per heavy atom. The molecule has 0 radical (unpaired) electrons. The molecule has 2 aromatic carbocycles. The minimum Gasteiger partial charge on any atom is -0.322 e. The molecule has 2 rings (SSSR count). The summed E-state index contributed by atoms with van der Waals surface area (Å²) in [5.41, 5.74) is 2.08. The van der Waals surface area contributed by atoms with E-state index in [9.17, 15) is 14.4 Å². The lowest BCUT2D eigenvalue weighted by Crippen LogP contribution is -2.16. The van der Waals surface area contributed by atoms with E-state index in [1.165, 1.54) is 13.0 Å². The van der Waals surface area contributed by atoms with E-state index < -0.39 is 0 Å². The molecule has 5 nitrogen and oxygen atoms in total. The highest BCUT2D eigenvalue weighted by Crippen LogP contribution is 2.19. The van der Waals surface area contributed by atoms with Crippen molar-refractivity contribution in [2.45, 2.75) is 18.7 Å². The fraction of sp³-hybridized carbons (Fsp3) is 0.150. The minimum atomic E-state index is -0.381. The van der Waals surface area contributed by atoms with Crippen molar-refractivity contribution in [1.82, 2.24) is 0 Å². The van der Waals surface area contributed by atoms with Crippen molar-refractivity contribution in [3.05, 3.63) is 65.7 Å². The van der Waals surface area contributed by atoms with Crippen LogP contribution in [0, 0.1) is 0 Å². The molecule has 0 unspecified atom stereocenters. The average Bonchev–Trinajstić information content (AvgIpc) is 2.62. The van der Waals surface area contributed by atoms with Crippen LogP contribution in [0.3, 0.4) is 0 Å². The Bertz CT molecular complexity index is 858. The first kappa shape index (κ1) is 19.5. The summed E-state index contributed by atoms with van der Waals surface area (Å²) in [6.07, 6.45) is 3.21. The quantitative estimate of drug-likeness (QED) is 0.457. The molecule has 0 saturated carbocycles. The van der Waals surface area contributed by atoms with Gasteiger partial charge in [-0.2, -0.15) is 0 Å². The Hall–Kier alpha value is -2.86. The Labute approximate surface area is 156 Å². The van der Waals surface area contributed by atoms with E-state index in [2.05, 4.69) is 10.6 Å². The van der Waals surface area contributed by atoms with Crippen LogP contribution in [0.5, 0.6) is 0 Å². The molecule has 0 fully saturated rings. The third kappa shape index (κ3) is 5.60. The summed E-state index contributed by atoms with van der Waals surface area (Å²) < 4.78 is 0. The van der Waals surface area contributed by atoms with Crippen LogP contribution >= 0.6 is 11.8 Å². The first-order valence-electron chi connectivity index (χ1n) is 7.94. The van der Waals surface area contributed by atoms with Gasteiger partial charge in [-0.3, -0.25) is 14.4 Å². The van der Waals surface area contributed by atoms with Gasteiger partial charge in [0.2, 0.25) is 5.91 Å². The third-order valence-corrected chi connectivity index (χ3v) is 4.32. The number of nitrogens with one attached hydrogen (secondary N) is 2. The molecule has 0 aromatic heterocycles.